The van der Waals surface area contributed by atoms with Crippen LogP contribution in [-0.4, -0.2) is 28.7 Å². The minimum Gasteiger partial charge on any atom is -0.392 e. The van der Waals surface area contributed by atoms with Crippen molar-refractivity contribution in [2.75, 3.05) is 6.54 Å². The maximum Gasteiger partial charge on any atom is 0.0664 e. The highest BCUT2D eigenvalue weighted by Gasteiger charge is 2.14. The zero-order chi connectivity index (χ0) is 12.1. The molecule has 16 heavy (non-hydrogen) atoms. The van der Waals surface area contributed by atoms with Gasteiger partial charge in [0.15, 0.2) is 0 Å². The smallest absolute Gasteiger partial charge is 0.0664 e. The number of nitrogens with zero attached hydrogens (tertiary/aromatic N) is 1. The highest BCUT2D eigenvalue weighted by Crippen LogP contribution is 2.18. The predicted octanol–water partition coefficient (Wildman–Crippen LogP) is 3.04. The maximum absolute atomic E-state index is 9.72. The van der Waals surface area contributed by atoms with Gasteiger partial charge in [-0.3, -0.25) is 4.90 Å². The van der Waals surface area contributed by atoms with Crippen LogP contribution in [0, 0.1) is 6.92 Å². The van der Waals surface area contributed by atoms with Crippen molar-refractivity contribution in [1.82, 2.24) is 4.90 Å². The van der Waals surface area contributed by atoms with Crippen molar-refractivity contribution in [3.8, 4) is 0 Å². The average Bonchev–Trinajstić information content (AvgIpc) is 2.62. The molecule has 0 saturated heterocycles. The van der Waals surface area contributed by atoms with Gasteiger partial charge in [0, 0.05) is 28.9 Å². The van der Waals surface area contributed by atoms with Gasteiger partial charge in [0.1, 0.15) is 0 Å². The van der Waals surface area contributed by atoms with Gasteiger partial charge in [-0.1, -0.05) is 6.92 Å². The topological polar surface area (TPSA) is 23.5 Å². The van der Waals surface area contributed by atoms with E-state index in [0.717, 1.165) is 19.5 Å². The Morgan fingerprint density at radius 2 is 2.06 bits per heavy atom. The van der Waals surface area contributed by atoms with Crippen molar-refractivity contribution in [2.45, 2.75) is 52.8 Å². The Kier molecular flexibility index (Phi) is 5.46. The molecule has 1 heterocycles. The Bertz CT molecular complexity index is 309. The van der Waals surface area contributed by atoms with E-state index in [9.17, 15) is 5.11 Å². The second-order valence-electron chi connectivity index (χ2n) is 4.60. The zero-order valence-corrected chi connectivity index (χ0v) is 11.5. The molecule has 1 unspecified atom stereocenters. The Balaban J connectivity index is 2.57. The third kappa shape index (κ3) is 4.24. The molecule has 0 radical (unpaired) electrons. The van der Waals surface area contributed by atoms with Crippen molar-refractivity contribution >= 4 is 11.3 Å². The van der Waals surface area contributed by atoms with Gasteiger partial charge in [-0.2, -0.15) is 0 Å². The predicted molar refractivity (Wildman–Crippen MR) is 70.9 cm³/mol. The van der Waals surface area contributed by atoms with Gasteiger partial charge >= 0.3 is 0 Å². The van der Waals surface area contributed by atoms with Crippen LogP contribution in [0.5, 0.6) is 0 Å². The van der Waals surface area contributed by atoms with Crippen molar-refractivity contribution in [3.63, 3.8) is 0 Å². The highest BCUT2D eigenvalue weighted by molar-refractivity contribution is 7.11. The summed E-state index contributed by atoms with van der Waals surface area (Å²) < 4.78 is 0. The van der Waals surface area contributed by atoms with Gasteiger partial charge in [0.2, 0.25) is 0 Å². The third-order valence-corrected chi connectivity index (χ3v) is 3.79. The van der Waals surface area contributed by atoms with Crippen LogP contribution in [0.3, 0.4) is 0 Å². The Labute approximate surface area is 103 Å². The molecule has 2 nitrogen and oxygen atoms in total. The van der Waals surface area contributed by atoms with Crippen LogP contribution in [0.4, 0.5) is 0 Å². The number of aliphatic hydroxyl groups is 1. The highest BCUT2D eigenvalue weighted by atomic mass is 32.1. The van der Waals surface area contributed by atoms with Gasteiger partial charge in [-0.25, -0.2) is 0 Å². The molecular weight excluding hydrogens is 218 g/mol. The van der Waals surface area contributed by atoms with E-state index >= 15 is 0 Å². The Hall–Kier alpha value is -0.380. The van der Waals surface area contributed by atoms with E-state index in [1.807, 2.05) is 18.3 Å². The first-order chi connectivity index (χ1) is 7.52. The maximum atomic E-state index is 9.72. The molecule has 0 fully saturated rings. The SMILES string of the molecule is CCC(O)CN(Cc1ccc(C)s1)C(C)C. The molecule has 0 aliphatic rings. The molecule has 0 spiro atoms. The molecular formula is C13H23NOS. The summed E-state index contributed by atoms with van der Waals surface area (Å²) in [5.74, 6) is 0. The van der Waals surface area contributed by atoms with Crippen LogP contribution in [0.2, 0.25) is 0 Å². The van der Waals surface area contributed by atoms with Crippen LogP contribution in [0.1, 0.15) is 36.9 Å². The van der Waals surface area contributed by atoms with Crippen molar-refractivity contribution in [1.29, 1.82) is 0 Å². The lowest BCUT2D eigenvalue weighted by atomic mass is 10.2. The van der Waals surface area contributed by atoms with E-state index in [4.69, 9.17) is 0 Å². The molecule has 0 bridgehead atoms. The van der Waals surface area contributed by atoms with Crippen molar-refractivity contribution in [2.24, 2.45) is 0 Å². The summed E-state index contributed by atoms with van der Waals surface area (Å²) in [6.45, 7) is 10.2. The number of hydrogen-bond donors (Lipinski definition) is 1. The summed E-state index contributed by atoms with van der Waals surface area (Å²) >= 11 is 1.84. The summed E-state index contributed by atoms with van der Waals surface area (Å²) in [6.07, 6.45) is 0.621. The van der Waals surface area contributed by atoms with Crippen molar-refractivity contribution < 1.29 is 5.11 Å². The van der Waals surface area contributed by atoms with Gasteiger partial charge in [-0.15, -0.1) is 11.3 Å². The summed E-state index contributed by atoms with van der Waals surface area (Å²) in [7, 11) is 0. The quantitative estimate of drug-likeness (QED) is 0.827. The second kappa shape index (κ2) is 6.38. The summed E-state index contributed by atoms with van der Waals surface area (Å²) in [5, 5.41) is 9.72. The van der Waals surface area contributed by atoms with E-state index in [0.29, 0.717) is 6.04 Å². The fraction of sp³-hybridized carbons (Fsp3) is 0.692. The molecule has 0 aromatic carbocycles. The van der Waals surface area contributed by atoms with Gasteiger partial charge in [0.05, 0.1) is 6.10 Å². The standard InChI is InChI=1S/C13H23NOS/c1-5-12(15)8-14(10(2)3)9-13-7-6-11(4)16-13/h6-7,10,12,15H,5,8-9H2,1-4H3. The lowest BCUT2D eigenvalue weighted by molar-refractivity contribution is 0.0888. The summed E-state index contributed by atoms with van der Waals surface area (Å²) in [5.41, 5.74) is 0. The largest absolute Gasteiger partial charge is 0.392 e. The molecule has 1 N–H and O–H groups in total. The first-order valence-electron chi connectivity index (χ1n) is 6.00. The molecule has 1 aromatic heterocycles. The monoisotopic (exact) mass is 241 g/mol. The third-order valence-electron chi connectivity index (χ3n) is 2.80. The summed E-state index contributed by atoms with van der Waals surface area (Å²) in [4.78, 5) is 5.07. The van der Waals surface area contributed by atoms with E-state index < -0.39 is 0 Å². The van der Waals surface area contributed by atoms with Crippen LogP contribution in [0.25, 0.3) is 0 Å². The minimum atomic E-state index is -0.205. The molecule has 0 aliphatic heterocycles. The van der Waals surface area contributed by atoms with Gasteiger partial charge in [-0.05, 0) is 39.3 Å². The average molecular weight is 241 g/mol. The fourth-order valence-electron chi connectivity index (χ4n) is 1.63. The Morgan fingerprint density at radius 1 is 1.38 bits per heavy atom. The van der Waals surface area contributed by atoms with Gasteiger partial charge < -0.3 is 5.11 Å². The normalized spacial score (nSPS) is 13.7. The molecule has 1 atom stereocenters. The molecule has 0 amide bonds. The molecule has 92 valence electrons. The molecule has 1 rings (SSSR count). The van der Waals surface area contributed by atoms with Crippen LogP contribution < -0.4 is 0 Å². The molecule has 0 saturated carbocycles. The number of rotatable bonds is 6. The number of aryl methyl sites for hydroxylation is 1. The molecule has 0 aliphatic carbocycles. The number of hydrogen-bond acceptors (Lipinski definition) is 3. The van der Waals surface area contributed by atoms with Crippen LogP contribution in [-0.2, 0) is 6.54 Å². The number of thiophene rings is 1. The first-order valence-corrected chi connectivity index (χ1v) is 6.82. The van der Waals surface area contributed by atoms with Gasteiger partial charge in [0.25, 0.3) is 0 Å². The van der Waals surface area contributed by atoms with E-state index in [-0.39, 0.29) is 6.10 Å². The fourth-order valence-corrected chi connectivity index (χ4v) is 2.54. The molecule has 1 aromatic rings. The molecule has 3 heteroatoms. The second-order valence-corrected chi connectivity index (χ2v) is 5.97. The summed E-state index contributed by atoms with van der Waals surface area (Å²) in [6, 6.07) is 4.83. The van der Waals surface area contributed by atoms with Crippen LogP contribution in [0.15, 0.2) is 12.1 Å². The lowest BCUT2D eigenvalue weighted by Gasteiger charge is -2.27. The van der Waals surface area contributed by atoms with Crippen molar-refractivity contribution in [3.05, 3.63) is 21.9 Å². The van der Waals surface area contributed by atoms with E-state index in [1.165, 1.54) is 9.75 Å². The van der Waals surface area contributed by atoms with E-state index in [2.05, 4.69) is 37.8 Å². The number of aliphatic hydroxyl groups excluding tert-OH is 1. The zero-order valence-electron chi connectivity index (χ0n) is 10.7. The lowest BCUT2D eigenvalue weighted by Crippen LogP contribution is -2.36. The minimum absolute atomic E-state index is 0.205. The van der Waals surface area contributed by atoms with Crippen LogP contribution >= 0.6 is 11.3 Å². The van der Waals surface area contributed by atoms with E-state index in [1.54, 1.807) is 0 Å². The Morgan fingerprint density at radius 3 is 2.50 bits per heavy atom. The first kappa shape index (κ1) is 13.7.